The molecule has 1 fully saturated rings. The van der Waals surface area contributed by atoms with Crippen LogP contribution in [0.5, 0.6) is 0 Å². The van der Waals surface area contributed by atoms with Crippen molar-refractivity contribution in [2.24, 2.45) is 0 Å². The summed E-state index contributed by atoms with van der Waals surface area (Å²) in [6, 6.07) is 5.55. The fourth-order valence-electron chi connectivity index (χ4n) is 2.37. The number of halogens is 3. The number of hydrogen-bond donors (Lipinski definition) is 1. The second kappa shape index (κ2) is 5.79. The van der Waals surface area contributed by atoms with Crippen LogP contribution in [0.15, 0.2) is 18.2 Å². The van der Waals surface area contributed by atoms with Gasteiger partial charge in [-0.1, -0.05) is 36.0 Å². The van der Waals surface area contributed by atoms with Gasteiger partial charge in [0.2, 0.25) is 0 Å². The molecule has 1 aromatic rings. The van der Waals surface area contributed by atoms with E-state index in [9.17, 15) is 0 Å². The zero-order valence-corrected chi connectivity index (χ0v) is 11.9. The normalized spacial score (nSPS) is 18.5. The van der Waals surface area contributed by atoms with E-state index in [2.05, 4.69) is 5.32 Å². The van der Waals surface area contributed by atoms with Gasteiger partial charge in [-0.15, -0.1) is 11.6 Å². The fourth-order valence-corrected chi connectivity index (χ4v) is 3.11. The number of alkyl halides is 1. The van der Waals surface area contributed by atoms with Crippen LogP contribution < -0.4 is 5.32 Å². The minimum atomic E-state index is 0.0905. The van der Waals surface area contributed by atoms with Gasteiger partial charge >= 0.3 is 0 Å². The third-order valence-corrected chi connectivity index (χ3v) is 4.59. The van der Waals surface area contributed by atoms with Crippen molar-refractivity contribution >= 4 is 34.8 Å². The molecule has 17 heavy (non-hydrogen) atoms. The van der Waals surface area contributed by atoms with Gasteiger partial charge in [-0.3, -0.25) is 0 Å². The van der Waals surface area contributed by atoms with Crippen LogP contribution in [0.2, 0.25) is 10.0 Å². The maximum absolute atomic E-state index is 6.14. The molecule has 94 valence electrons. The lowest BCUT2D eigenvalue weighted by molar-refractivity contribution is 0.368. The summed E-state index contributed by atoms with van der Waals surface area (Å²) in [5, 5.41) is 5.03. The molecular weight excluding hydrogens is 277 g/mol. The summed E-state index contributed by atoms with van der Waals surface area (Å²) >= 11 is 18.2. The number of hydrogen-bond acceptors (Lipinski definition) is 1. The quantitative estimate of drug-likeness (QED) is 0.798. The Balaban J connectivity index is 2.03. The Morgan fingerprint density at radius 2 is 1.88 bits per heavy atom. The van der Waals surface area contributed by atoms with E-state index in [1.54, 1.807) is 6.07 Å². The van der Waals surface area contributed by atoms with Crippen molar-refractivity contribution in [3.05, 3.63) is 33.8 Å². The predicted molar refractivity (Wildman–Crippen MR) is 75.2 cm³/mol. The van der Waals surface area contributed by atoms with Gasteiger partial charge in [0.25, 0.3) is 0 Å². The fraction of sp³-hybridized carbons (Fsp3) is 0.538. The Labute approximate surface area is 117 Å². The average molecular weight is 293 g/mol. The lowest BCUT2D eigenvalue weighted by atomic mass is 10.00. The second-order valence-electron chi connectivity index (χ2n) is 4.71. The first-order chi connectivity index (χ1) is 8.15. The molecule has 1 saturated carbocycles. The minimum absolute atomic E-state index is 0.0905. The van der Waals surface area contributed by atoms with E-state index >= 15 is 0 Å². The Bertz CT molecular complexity index is 386. The molecule has 0 bridgehead atoms. The van der Waals surface area contributed by atoms with Gasteiger partial charge in [0.15, 0.2) is 0 Å². The highest BCUT2D eigenvalue weighted by Gasteiger charge is 2.32. The third-order valence-electron chi connectivity index (χ3n) is 3.48. The van der Waals surface area contributed by atoms with Crippen molar-refractivity contribution < 1.29 is 0 Å². The molecular formula is C13H16Cl3N. The Morgan fingerprint density at radius 3 is 2.53 bits per heavy atom. The predicted octanol–water partition coefficient (Wildman–Crippen LogP) is 4.63. The van der Waals surface area contributed by atoms with Crippen molar-refractivity contribution in [1.29, 1.82) is 0 Å². The van der Waals surface area contributed by atoms with Crippen LogP contribution >= 0.6 is 34.8 Å². The van der Waals surface area contributed by atoms with Crippen molar-refractivity contribution in [1.82, 2.24) is 5.32 Å². The Hall–Kier alpha value is 0.0500. The van der Waals surface area contributed by atoms with E-state index in [0.29, 0.717) is 5.88 Å². The smallest absolute Gasteiger partial charge is 0.0451 e. The van der Waals surface area contributed by atoms with E-state index in [1.807, 2.05) is 12.1 Å². The number of rotatable bonds is 4. The van der Waals surface area contributed by atoms with Gasteiger partial charge in [0.1, 0.15) is 0 Å². The number of benzene rings is 1. The first kappa shape index (κ1) is 13.5. The molecule has 0 amide bonds. The van der Waals surface area contributed by atoms with E-state index < -0.39 is 0 Å². The van der Waals surface area contributed by atoms with Crippen LogP contribution in [0.25, 0.3) is 0 Å². The summed E-state index contributed by atoms with van der Waals surface area (Å²) in [5.74, 6) is 0.658. The Morgan fingerprint density at radius 1 is 1.18 bits per heavy atom. The monoisotopic (exact) mass is 291 g/mol. The zero-order valence-electron chi connectivity index (χ0n) is 9.61. The Kier molecular flexibility index (Phi) is 4.59. The van der Waals surface area contributed by atoms with E-state index in [1.165, 1.54) is 12.8 Å². The molecule has 0 saturated heterocycles. The van der Waals surface area contributed by atoms with Gasteiger partial charge in [-0.2, -0.15) is 0 Å². The standard InChI is InChI=1S/C13H16Cl3N/c14-9-13(5-1-2-6-13)17-8-10-7-11(15)3-4-12(10)16/h3-4,7,17H,1-2,5-6,8-9H2. The van der Waals surface area contributed by atoms with E-state index in [0.717, 1.165) is 35.0 Å². The highest BCUT2D eigenvalue weighted by atomic mass is 35.5. The van der Waals surface area contributed by atoms with Gasteiger partial charge in [0.05, 0.1) is 0 Å². The van der Waals surface area contributed by atoms with Crippen LogP contribution in [-0.4, -0.2) is 11.4 Å². The van der Waals surface area contributed by atoms with Gasteiger partial charge in [-0.25, -0.2) is 0 Å². The second-order valence-corrected chi connectivity index (χ2v) is 5.82. The summed E-state index contributed by atoms with van der Waals surface area (Å²) in [6.07, 6.45) is 4.80. The molecule has 4 heteroatoms. The highest BCUT2D eigenvalue weighted by Crippen LogP contribution is 2.31. The van der Waals surface area contributed by atoms with Gasteiger partial charge in [-0.05, 0) is 36.6 Å². The van der Waals surface area contributed by atoms with Crippen LogP contribution in [0, 0.1) is 0 Å². The summed E-state index contributed by atoms with van der Waals surface area (Å²) < 4.78 is 0. The molecule has 1 aromatic carbocycles. The molecule has 1 N–H and O–H groups in total. The molecule has 0 aliphatic heterocycles. The minimum Gasteiger partial charge on any atom is -0.306 e. The molecule has 0 unspecified atom stereocenters. The van der Waals surface area contributed by atoms with E-state index in [4.69, 9.17) is 34.8 Å². The molecule has 2 rings (SSSR count). The first-order valence-corrected chi connectivity index (χ1v) is 7.19. The molecule has 0 atom stereocenters. The third kappa shape index (κ3) is 3.29. The molecule has 1 aliphatic carbocycles. The van der Waals surface area contributed by atoms with E-state index in [-0.39, 0.29) is 5.54 Å². The molecule has 0 spiro atoms. The summed E-state index contributed by atoms with van der Waals surface area (Å²) in [7, 11) is 0. The van der Waals surface area contributed by atoms with Crippen LogP contribution in [0.1, 0.15) is 31.2 Å². The molecule has 1 aliphatic rings. The van der Waals surface area contributed by atoms with Crippen molar-refractivity contribution in [3.63, 3.8) is 0 Å². The molecule has 0 aromatic heterocycles. The zero-order chi connectivity index (χ0) is 12.3. The van der Waals surface area contributed by atoms with Gasteiger partial charge < -0.3 is 5.32 Å². The molecule has 0 heterocycles. The van der Waals surface area contributed by atoms with Crippen molar-refractivity contribution in [3.8, 4) is 0 Å². The summed E-state index contributed by atoms with van der Waals surface area (Å²) in [5.41, 5.74) is 1.13. The average Bonchev–Trinajstić information content (AvgIpc) is 2.80. The maximum atomic E-state index is 6.14. The van der Waals surface area contributed by atoms with Crippen molar-refractivity contribution in [2.45, 2.75) is 37.8 Å². The van der Waals surface area contributed by atoms with Gasteiger partial charge in [0, 0.05) is 28.0 Å². The molecule has 1 nitrogen and oxygen atoms in total. The topological polar surface area (TPSA) is 12.0 Å². The molecule has 0 radical (unpaired) electrons. The van der Waals surface area contributed by atoms with Crippen LogP contribution in [-0.2, 0) is 6.54 Å². The maximum Gasteiger partial charge on any atom is 0.0451 e. The summed E-state index contributed by atoms with van der Waals surface area (Å²) in [4.78, 5) is 0. The number of nitrogens with one attached hydrogen (secondary N) is 1. The highest BCUT2D eigenvalue weighted by molar-refractivity contribution is 6.33. The lowest BCUT2D eigenvalue weighted by Crippen LogP contribution is -2.43. The van der Waals surface area contributed by atoms with Crippen molar-refractivity contribution in [2.75, 3.05) is 5.88 Å². The van der Waals surface area contributed by atoms with Crippen LogP contribution in [0.3, 0.4) is 0 Å². The lowest BCUT2D eigenvalue weighted by Gasteiger charge is -2.28. The first-order valence-electron chi connectivity index (χ1n) is 5.90. The SMILES string of the molecule is ClCC1(NCc2cc(Cl)ccc2Cl)CCCC1. The largest absolute Gasteiger partial charge is 0.306 e. The summed E-state index contributed by atoms with van der Waals surface area (Å²) in [6.45, 7) is 0.728. The van der Waals surface area contributed by atoms with Crippen LogP contribution in [0.4, 0.5) is 0 Å².